The van der Waals surface area contributed by atoms with E-state index in [9.17, 15) is 29.1 Å². The summed E-state index contributed by atoms with van der Waals surface area (Å²) in [6.07, 6.45) is 3.72. The lowest BCUT2D eigenvalue weighted by molar-refractivity contribution is -0.142. The monoisotopic (exact) mass is 497 g/mol. The zero-order chi connectivity index (χ0) is 24.0. The zero-order valence-electron chi connectivity index (χ0n) is 17.5. The van der Waals surface area contributed by atoms with Crippen LogP contribution in [0.4, 0.5) is 0 Å². The van der Waals surface area contributed by atoms with Crippen LogP contribution < -0.4 is 27.4 Å². The minimum absolute atomic E-state index is 0.142. The largest absolute Gasteiger partial charge is 0.480 e. The van der Waals surface area contributed by atoms with Crippen molar-refractivity contribution < 1.29 is 29.1 Å². The fourth-order valence-electron chi connectivity index (χ4n) is 2.30. The minimum Gasteiger partial charge on any atom is -0.480 e. The maximum absolute atomic E-state index is 12.6. The van der Waals surface area contributed by atoms with Crippen molar-refractivity contribution in [2.75, 3.05) is 29.8 Å². The average Bonchev–Trinajstić information content (AvgIpc) is 2.71. The first kappa shape index (κ1) is 29.4. The molecule has 0 aromatic carbocycles. The summed E-state index contributed by atoms with van der Waals surface area (Å²) in [5.41, 5.74) is 10.9. The molecule has 0 saturated heterocycles. The van der Waals surface area contributed by atoms with Crippen LogP contribution in [0.25, 0.3) is 0 Å². The Labute approximate surface area is 195 Å². The van der Waals surface area contributed by atoms with E-state index in [4.69, 9.17) is 11.5 Å². The lowest BCUT2D eigenvalue weighted by Gasteiger charge is -2.24. The van der Waals surface area contributed by atoms with Gasteiger partial charge in [0.25, 0.3) is 0 Å². The smallest absolute Gasteiger partial charge is 0.326 e. The molecule has 14 heteroatoms. The Kier molecular flexibility index (Phi) is 15.2. The van der Waals surface area contributed by atoms with Crippen LogP contribution in [0.3, 0.4) is 0 Å². The molecule has 0 saturated carbocycles. The van der Waals surface area contributed by atoms with Crippen LogP contribution in [0.15, 0.2) is 0 Å². The number of rotatable bonds is 16. The molecular weight excluding hydrogens is 466 g/mol. The molecule has 0 rings (SSSR count). The molecule has 4 atom stereocenters. The van der Waals surface area contributed by atoms with E-state index in [1.807, 2.05) is 6.26 Å². The molecule has 4 amide bonds. The van der Waals surface area contributed by atoms with Crippen LogP contribution in [0, 0.1) is 0 Å². The van der Waals surface area contributed by atoms with Gasteiger partial charge in [0.15, 0.2) is 0 Å². The Hall–Kier alpha value is -1.64. The van der Waals surface area contributed by atoms with Crippen molar-refractivity contribution in [1.29, 1.82) is 0 Å². The fourth-order valence-corrected chi connectivity index (χ4v) is 3.52. The summed E-state index contributed by atoms with van der Waals surface area (Å²) in [6.45, 7) is 0. The van der Waals surface area contributed by atoms with Gasteiger partial charge in [0.05, 0.1) is 12.5 Å². The molecule has 0 aromatic rings. The molecule has 178 valence electrons. The van der Waals surface area contributed by atoms with Crippen LogP contribution in [-0.4, -0.2) is 88.6 Å². The third kappa shape index (κ3) is 12.1. The maximum Gasteiger partial charge on any atom is 0.326 e. The highest BCUT2D eigenvalue weighted by Crippen LogP contribution is 2.04. The molecule has 0 aliphatic rings. The van der Waals surface area contributed by atoms with Gasteiger partial charge in [0.1, 0.15) is 18.1 Å². The molecule has 8 N–H and O–H groups in total. The lowest BCUT2D eigenvalue weighted by atomic mass is 10.1. The number of amides is 4. The summed E-state index contributed by atoms with van der Waals surface area (Å²) in [4.78, 5) is 59.9. The first-order chi connectivity index (χ1) is 14.6. The Morgan fingerprint density at radius 2 is 1.35 bits per heavy atom. The van der Waals surface area contributed by atoms with Gasteiger partial charge in [0.2, 0.25) is 23.6 Å². The standard InChI is InChI=1S/C17H31N5O6S3/c1-30-5-3-9(18)14(24)21-11(7-13(19)23)15(25)22-12(8-29)16(26)20-10(17(27)28)4-6-31-2/h9-12,29H,3-8,18H2,1-2H3,(H2,19,23)(H,20,26)(H,21,24)(H,22,25)(H,27,28). The molecular formula is C17H31N5O6S3. The molecule has 31 heavy (non-hydrogen) atoms. The van der Waals surface area contributed by atoms with Gasteiger partial charge in [-0.3, -0.25) is 19.2 Å². The quantitative estimate of drug-likeness (QED) is 0.120. The van der Waals surface area contributed by atoms with E-state index in [0.717, 1.165) is 0 Å². The van der Waals surface area contributed by atoms with Crippen LogP contribution in [0.2, 0.25) is 0 Å². The van der Waals surface area contributed by atoms with E-state index in [1.165, 1.54) is 23.5 Å². The number of hydrogen-bond donors (Lipinski definition) is 7. The van der Waals surface area contributed by atoms with Crippen LogP contribution >= 0.6 is 36.2 Å². The van der Waals surface area contributed by atoms with Crippen molar-refractivity contribution >= 4 is 65.8 Å². The molecule has 4 unspecified atom stereocenters. The average molecular weight is 498 g/mol. The van der Waals surface area contributed by atoms with Gasteiger partial charge in [-0.15, -0.1) is 0 Å². The van der Waals surface area contributed by atoms with E-state index in [-0.39, 0.29) is 12.2 Å². The van der Waals surface area contributed by atoms with E-state index in [0.29, 0.717) is 17.9 Å². The summed E-state index contributed by atoms with van der Waals surface area (Å²) in [6, 6.07) is -4.54. The molecule has 0 bridgehead atoms. The second-order valence-corrected chi connectivity index (χ2v) is 8.88. The third-order valence-corrected chi connectivity index (χ3v) is 5.70. The van der Waals surface area contributed by atoms with Gasteiger partial charge < -0.3 is 32.5 Å². The van der Waals surface area contributed by atoms with Crippen LogP contribution in [-0.2, 0) is 24.0 Å². The van der Waals surface area contributed by atoms with E-state index in [1.54, 1.807) is 6.26 Å². The molecule has 0 aromatic heterocycles. The van der Waals surface area contributed by atoms with Crippen molar-refractivity contribution in [1.82, 2.24) is 16.0 Å². The van der Waals surface area contributed by atoms with E-state index >= 15 is 0 Å². The van der Waals surface area contributed by atoms with Gasteiger partial charge in [-0.2, -0.15) is 36.2 Å². The number of nitrogens with two attached hydrogens (primary N) is 2. The van der Waals surface area contributed by atoms with Gasteiger partial charge >= 0.3 is 5.97 Å². The van der Waals surface area contributed by atoms with E-state index in [2.05, 4.69) is 28.6 Å². The zero-order valence-corrected chi connectivity index (χ0v) is 20.0. The van der Waals surface area contributed by atoms with Gasteiger partial charge in [-0.25, -0.2) is 4.79 Å². The molecule has 0 aliphatic carbocycles. The number of thiol groups is 1. The second kappa shape index (κ2) is 16.1. The van der Waals surface area contributed by atoms with Crippen molar-refractivity contribution in [2.45, 2.75) is 43.4 Å². The summed E-state index contributed by atoms with van der Waals surface area (Å²) in [7, 11) is 0. The molecule has 0 fully saturated rings. The van der Waals surface area contributed by atoms with Gasteiger partial charge in [0, 0.05) is 5.75 Å². The Morgan fingerprint density at radius 1 is 0.871 bits per heavy atom. The number of carboxylic acid groups (broad SMARTS) is 1. The first-order valence-electron chi connectivity index (χ1n) is 9.33. The number of carbonyl (C=O) groups excluding carboxylic acids is 4. The third-order valence-electron chi connectivity index (χ3n) is 4.05. The Balaban J connectivity index is 5.16. The highest BCUT2D eigenvalue weighted by atomic mass is 32.2. The molecule has 0 heterocycles. The predicted octanol–water partition coefficient (Wildman–Crippen LogP) is -1.84. The fraction of sp³-hybridized carbons (Fsp3) is 0.706. The lowest BCUT2D eigenvalue weighted by Crippen LogP contribution is -2.58. The number of primary amides is 1. The first-order valence-corrected chi connectivity index (χ1v) is 12.8. The summed E-state index contributed by atoms with van der Waals surface area (Å²) in [5.74, 6) is -3.27. The Morgan fingerprint density at radius 3 is 1.84 bits per heavy atom. The van der Waals surface area contributed by atoms with Crippen molar-refractivity contribution in [3.8, 4) is 0 Å². The van der Waals surface area contributed by atoms with Crippen LogP contribution in [0.1, 0.15) is 19.3 Å². The number of carbonyl (C=O) groups is 5. The number of nitrogens with one attached hydrogen (secondary N) is 3. The Bertz CT molecular complexity index is 639. The number of hydrogen-bond acceptors (Lipinski definition) is 9. The summed E-state index contributed by atoms with van der Waals surface area (Å²) < 4.78 is 0. The van der Waals surface area contributed by atoms with Gasteiger partial charge in [-0.05, 0) is 36.9 Å². The molecule has 11 nitrogen and oxygen atoms in total. The molecule has 0 spiro atoms. The maximum atomic E-state index is 12.6. The number of aliphatic carboxylic acids is 1. The number of thioether (sulfide) groups is 2. The highest BCUT2D eigenvalue weighted by molar-refractivity contribution is 7.98. The van der Waals surface area contributed by atoms with Crippen molar-refractivity contribution in [2.24, 2.45) is 11.5 Å². The van der Waals surface area contributed by atoms with Crippen molar-refractivity contribution in [3.63, 3.8) is 0 Å². The van der Waals surface area contributed by atoms with Crippen molar-refractivity contribution in [3.05, 3.63) is 0 Å². The summed E-state index contributed by atoms with van der Waals surface area (Å²) >= 11 is 6.95. The molecule has 0 aliphatic heterocycles. The minimum atomic E-state index is -1.34. The second-order valence-electron chi connectivity index (χ2n) is 6.54. The predicted molar refractivity (Wildman–Crippen MR) is 125 cm³/mol. The SMILES string of the molecule is CSCCC(N)C(=O)NC(CC(N)=O)C(=O)NC(CS)C(=O)NC(CCSC)C(=O)O. The van der Waals surface area contributed by atoms with Gasteiger partial charge in [-0.1, -0.05) is 0 Å². The van der Waals surface area contributed by atoms with E-state index < -0.39 is 60.2 Å². The highest BCUT2D eigenvalue weighted by Gasteiger charge is 2.30. The van der Waals surface area contributed by atoms with Crippen LogP contribution in [0.5, 0.6) is 0 Å². The molecule has 0 radical (unpaired) electrons. The normalized spacial score (nSPS) is 14.6. The summed E-state index contributed by atoms with van der Waals surface area (Å²) in [5, 5.41) is 16.3. The number of carboxylic acids is 1. The topological polar surface area (TPSA) is 194 Å².